The van der Waals surface area contributed by atoms with Gasteiger partial charge in [-0.3, -0.25) is 14.5 Å². The first-order valence-corrected chi connectivity index (χ1v) is 10.8. The predicted octanol–water partition coefficient (Wildman–Crippen LogP) is 5.28. The van der Waals surface area contributed by atoms with E-state index in [1.54, 1.807) is 24.3 Å². The standard InChI is InChI=1S/C21H14Cl2N2O3S2/c22-15-5-3-6-16(23)14(15)10-24-9-12(13-4-1-2-7-17(13)24)8-18-20(28)25(11-19(26)27)21(29)30-18/h1-9H,10-11H2,(H,26,27). The number of thiocarbonyl (C=S) groups is 1. The molecule has 0 radical (unpaired) electrons. The average Bonchev–Trinajstić information content (AvgIpc) is 3.17. The van der Waals surface area contributed by atoms with Crippen LogP contribution in [0.15, 0.2) is 53.6 Å². The molecule has 9 heteroatoms. The van der Waals surface area contributed by atoms with Crippen molar-refractivity contribution in [1.29, 1.82) is 0 Å². The Bertz CT molecular complexity index is 1220. The number of carboxylic acids is 1. The first-order chi connectivity index (χ1) is 14.3. The summed E-state index contributed by atoms with van der Waals surface area (Å²) in [6.45, 7) is 0.0155. The van der Waals surface area contributed by atoms with Crippen LogP contribution < -0.4 is 0 Å². The van der Waals surface area contributed by atoms with Gasteiger partial charge in [0.25, 0.3) is 5.91 Å². The van der Waals surface area contributed by atoms with Crippen LogP contribution in [0.4, 0.5) is 0 Å². The molecule has 0 aliphatic carbocycles. The van der Waals surface area contributed by atoms with Crippen LogP contribution in [0.25, 0.3) is 17.0 Å². The molecular formula is C21H14Cl2N2O3S2. The van der Waals surface area contributed by atoms with Gasteiger partial charge in [0.2, 0.25) is 0 Å². The van der Waals surface area contributed by atoms with E-state index in [9.17, 15) is 9.59 Å². The van der Waals surface area contributed by atoms with Crippen molar-refractivity contribution in [3.8, 4) is 0 Å². The van der Waals surface area contributed by atoms with Crippen LogP contribution in [-0.2, 0) is 16.1 Å². The van der Waals surface area contributed by atoms with Crippen LogP contribution in [0.2, 0.25) is 10.0 Å². The highest BCUT2D eigenvalue weighted by atomic mass is 35.5. The van der Waals surface area contributed by atoms with Crippen LogP contribution in [0.3, 0.4) is 0 Å². The lowest BCUT2D eigenvalue weighted by atomic mass is 10.1. The molecule has 0 saturated carbocycles. The van der Waals surface area contributed by atoms with E-state index in [2.05, 4.69) is 0 Å². The molecule has 0 spiro atoms. The minimum absolute atomic E-state index is 0.236. The SMILES string of the molecule is O=C(O)CN1C(=O)C(=Cc2cn(Cc3c(Cl)cccc3Cl)c3ccccc23)SC1=S. The van der Waals surface area contributed by atoms with Crippen molar-refractivity contribution in [3.05, 3.63) is 74.7 Å². The maximum Gasteiger partial charge on any atom is 0.323 e. The van der Waals surface area contributed by atoms with Crippen molar-refractivity contribution in [1.82, 2.24) is 9.47 Å². The normalized spacial score (nSPS) is 15.5. The quantitative estimate of drug-likeness (QED) is 0.400. The Morgan fingerprint density at radius 3 is 2.53 bits per heavy atom. The zero-order valence-electron chi connectivity index (χ0n) is 15.3. The first kappa shape index (κ1) is 20.9. The Hall–Kier alpha value is -2.32. The van der Waals surface area contributed by atoms with Gasteiger partial charge < -0.3 is 9.67 Å². The van der Waals surface area contributed by atoms with Gasteiger partial charge >= 0.3 is 5.97 Å². The Labute approximate surface area is 191 Å². The van der Waals surface area contributed by atoms with E-state index in [1.807, 2.05) is 35.0 Å². The molecule has 1 fully saturated rings. The molecule has 1 aliphatic rings. The number of nitrogens with zero attached hydrogens (tertiary/aromatic N) is 2. The van der Waals surface area contributed by atoms with Gasteiger partial charge in [-0.25, -0.2) is 0 Å². The average molecular weight is 477 g/mol. The molecule has 1 amide bonds. The molecule has 0 bridgehead atoms. The number of thioether (sulfide) groups is 1. The maximum atomic E-state index is 12.6. The highest BCUT2D eigenvalue weighted by Crippen LogP contribution is 2.35. The molecule has 0 atom stereocenters. The summed E-state index contributed by atoms with van der Waals surface area (Å²) in [6.07, 6.45) is 3.67. The maximum absolute atomic E-state index is 12.6. The zero-order chi connectivity index (χ0) is 21.4. The zero-order valence-corrected chi connectivity index (χ0v) is 18.5. The van der Waals surface area contributed by atoms with E-state index in [4.69, 9.17) is 40.5 Å². The predicted molar refractivity (Wildman–Crippen MR) is 125 cm³/mol. The van der Waals surface area contributed by atoms with Gasteiger partial charge in [-0.2, -0.15) is 0 Å². The minimum Gasteiger partial charge on any atom is -0.480 e. The van der Waals surface area contributed by atoms with E-state index in [0.717, 1.165) is 38.7 Å². The van der Waals surface area contributed by atoms with Crippen molar-refractivity contribution in [2.45, 2.75) is 6.54 Å². The first-order valence-electron chi connectivity index (χ1n) is 8.83. The summed E-state index contributed by atoms with van der Waals surface area (Å²) in [5, 5.41) is 11.1. The fraction of sp³-hybridized carbons (Fsp3) is 0.0952. The van der Waals surface area contributed by atoms with Crippen LogP contribution in [0.5, 0.6) is 0 Å². The third kappa shape index (κ3) is 3.98. The van der Waals surface area contributed by atoms with Crippen molar-refractivity contribution in [2.75, 3.05) is 6.54 Å². The molecule has 0 unspecified atom stereocenters. The minimum atomic E-state index is -1.11. The van der Waals surface area contributed by atoms with E-state index < -0.39 is 18.4 Å². The Kier molecular flexibility index (Phi) is 5.88. The largest absolute Gasteiger partial charge is 0.480 e. The molecular weight excluding hydrogens is 463 g/mol. The number of amides is 1. The summed E-state index contributed by atoms with van der Waals surface area (Å²) < 4.78 is 2.26. The van der Waals surface area contributed by atoms with Gasteiger partial charge in [-0.15, -0.1) is 0 Å². The molecule has 1 saturated heterocycles. The smallest absolute Gasteiger partial charge is 0.323 e. The summed E-state index contributed by atoms with van der Waals surface area (Å²) in [5.74, 6) is -1.51. The van der Waals surface area contributed by atoms with E-state index in [1.165, 1.54) is 0 Å². The molecule has 3 aromatic rings. The van der Waals surface area contributed by atoms with E-state index >= 15 is 0 Å². The number of halogens is 2. The second-order valence-corrected chi connectivity index (χ2v) is 9.08. The summed E-state index contributed by atoms with van der Waals surface area (Å²) in [6, 6.07) is 13.2. The number of para-hydroxylation sites is 1. The number of aromatic nitrogens is 1. The lowest BCUT2D eigenvalue weighted by Gasteiger charge is -2.10. The number of hydrogen-bond acceptors (Lipinski definition) is 4. The summed E-state index contributed by atoms with van der Waals surface area (Å²) in [7, 11) is 0. The highest BCUT2D eigenvalue weighted by Gasteiger charge is 2.33. The molecule has 1 N–H and O–H groups in total. The molecule has 5 nitrogen and oxygen atoms in total. The fourth-order valence-electron chi connectivity index (χ4n) is 3.29. The topological polar surface area (TPSA) is 62.5 Å². The second kappa shape index (κ2) is 8.43. The Morgan fingerprint density at radius 2 is 1.83 bits per heavy atom. The summed E-state index contributed by atoms with van der Waals surface area (Å²) >= 11 is 19.0. The molecule has 30 heavy (non-hydrogen) atoms. The van der Waals surface area contributed by atoms with Crippen LogP contribution in [0, 0.1) is 0 Å². The molecule has 2 heterocycles. The molecule has 4 rings (SSSR count). The van der Waals surface area contributed by atoms with Crippen LogP contribution in [-0.4, -0.2) is 37.3 Å². The molecule has 1 aliphatic heterocycles. The molecule has 2 aromatic carbocycles. The number of aliphatic carboxylic acids is 1. The van der Waals surface area contributed by atoms with E-state index in [-0.39, 0.29) is 4.32 Å². The Morgan fingerprint density at radius 1 is 1.13 bits per heavy atom. The second-order valence-electron chi connectivity index (χ2n) is 6.59. The van der Waals surface area contributed by atoms with E-state index in [0.29, 0.717) is 21.5 Å². The van der Waals surface area contributed by atoms with Gasteiger partial charge in [0, 0.05) is 38.3 Å². The number of fused-ring (bicyclic) bond motifs is 1. The molecule has 1 aromatic heterocycles. The van der Waals surface area contributed by atoms with Crippen LogP contribution in [0.1, 0.15) is 11.1 Å². The number of carbonyl (C=O) groups excluding carboxylic acids is 1. The van der Waals surface area contributed by atoms with Crippen LogP contribution >= 0.6 is 47.2 Å². The van der Waals surface area contributed by atoms with Gasteiger partial charge in [0.15, 0.2) is 0 Å². The van der Waals surface area contributed by atoms with Crippen molar-refractivity contribution in [3.63, 3.8) is 0 Å². The van der Waals surface area contributed by atoms with Crippen molar-refractivity contribution >= 4 is 80.4 Å². The van der Waals surface area contributed by atoms with Gasteiger partial charge in [0.05, 0.1) is 11.4 Å². The summed E-state index contributed by atoms with van der Waals surface area (Å²) in [5.41, 5.74) is 2.59. The number of rotatable bonds is 5. The highest BCUT2D eigenvalue weighted by molar-refractivity contribution is 8.26. The number of carbonyl (C=O) groups is 2. The number of benzene rings is 2. The monoisotopic (exact) mass is 476 g/mol. The van der Waals surface area contributed by atoms with Gasteiger partial charge in [0.1, 0.15) is 10.9 Å². The summed E-state index contributed by atoms with van der Waals surface area (Å²) in [4.78, 5) is 25.1. The number of hydrogen-bond donors (Lipinski definition) is 1. The lowest BCUT2D eigenvalue weighted by molar-refractivity contribution is -0.140. The lowest BCUT2D eigenvalue weighted by Crippen LogP contribution is -2.33. The van der Waals surface area contributed by atoms with Gasteiger partial charge in [-0.1, -0.05) is 71.4 Å². The van der Waals surface area contributed by atoms with Gasteiger partial charge in [-0.05, 0) is 24.3 Å². The fourth-order valence-corrected chi connectivity index (χ4v) is 5.05. The Balaban J connectivity index is 1.75. The third-order valence-electron chi connectivity index (χ3n) is 4.66. The number of carboxylic acid groups (broad SMARTS) is 1. The van der Waals surface area contributed by atoms with Crippen molar-refractivity contribution < 1.29 is 14.7 Å². The third-order valence-corrected chi connectivity index (χ3v) is 6.75. The molecule has 152 valence electrons. The van der Waals surface area contributed by atoms with Crippen molar-refractivity contribution in [2.24, 2.45) is 0 Å².